The molecule has 0 unspecified atom stereocenters. The van der Waals surface area contributed by atoms with Crippen LogP contribution in [0.4, 0.5) is 10.2 Å². The average Bonchev–Trinajstić information content (AvgIpc) is 2.53. The van der Waals surface area contributed by atoms with Crippen LogP contribution in [-0.2, 0) is 0 Å². The van der Waals surface area contributed by atoms with Gasteiger partial charge < -0.3 is 5.73 Å². The fraction of sp³-hybridized carbons (Fsp3) is 0.100. The summed E-state index contributed by atoms with van der Waals surface area (Å²) in [5.41, 5.74) is 7.43. The molecule has 0 spiro atoms. The second-order valence-electron chi connectivity index (χ2n) is 3.21. The van der Waals surface area contributed by atoms with Crippen LogP contribution in [-0.4, -0.2) is 10.2 Å². The number of nitrogens with two attached hydrogens (primary N) is 1. The van der Waals surface area contributed by atoms with Crippen molar-refractivity contribution in [3.8, 4) is 11.3 Å². The summed E-state index contributed by atoms with van der Waals surface area (Å²) in [5.74, 6) is 0.0774. The molecule has 0 aliphatic heterocycles. The second kappa shape index (κ2) is 3.66. The summed E-state index contributed by atoms with van der Waals surface area (Å²) in [6.45, 7) is 1.80. The van der Waals surface area contributed by atoms with E-state index in [0.717, 1.165) is 5.56 Å². The number of hydrogen-bond donors (Lipinski definition) is 2. The van der Waals surface area contributed by atoms with Gasteiger partial charge in [0, 0.05) is 11.1 Å². The highest BCUT2D eigenvalue weighted by molar-refractivity contribution is 9.10. The highest BCUT2D eigenvalue weighted by Gasteiger charge is 2.13. The van der Waals surface area contributed by atoms with Crippen LogP contribution in [0, 0.1) is 12.7 Å². The SMILES string of the molecule is Cc1c(N)n[nH]c1-c1cccc(Br)c1F. The topological polar surface area (TPSA) is 54.7 Å². The Kier molecular flexibility index (Phi) is 2.48. The number of halogens is 2. The second-order valence-corrected chi connectivity index (χ2v) is 4.06. The lowest BCUT2D eigenvalue weighted by atomic mass is 10.1. The Morgan fingerprint density at radius 1 is 1.47 bits per heavy atom. The number of nitrogens with zero attached hydrogens (tertiary/aromatic N) is 1. The van der Waals surface area contributed by atoms with E-state index < -0.39 is 0 Å². The lowest BCUT2D eigenvalue weighted by Crippen LogP contribution is -1.89. The molecule has 5 heteroatoms. The van der Waals surface area contributed by atoms with Crippen LogP contribution in [0.2, 0.25) is 0 Å². The van der Waals surface area contributed by atoms with E-state index in [9.17, 15) is 4.39 Å². The van der Waals surface area contributed by atoms with Crippen molar-refractivity contribution in [1.82, 2.24) is 10.2 Å². The molecule has 3 N–H and O–H groups in total. The third kappa shape index (κ3) is 1.63. The standard InChI is InChI=1S/C10H9BrFN3/c1-5-9(14-15-10(5)13)6-3-2-4-7(11)8(6)12/h2-4H,1H3,(H3,13,14,15). The van der Waals surface area contributed by atoms with Gasteiger partial charge in [0.1, 0.15) is 11.6 Å². The largest absolute Gasteiger partial charge is 0.382 e. The fourth-order valence-electron chi connectivity index (χ4n) is 1.37. The number of nitrogens with one attached hydrogen (secondary N) is 1. The summed E-state index contributed by atoms with van der Waals surface area (Å²) in [5, 5.41) is 6.56. The van der Waals surface area contributed by atoms with Gasteiger partial charge in [-0.3, -0.25) is 5.10 Å². The zero-order valence-corrected chi connectivity index (χ0v) is 9.60. The molecule has 0 aliphatic carbocycles. The van der Waals surface area contributed by atoms with Gasteiger partial charge in [-0.05, 0) is 35.0 Å². The quantitative estimate of drug-likeness (QED) is 0.837. The third-order valence-electron chi connectivity index (χ3n) is 2.27. The number of rotatable bonds is 1. The summed E-state index contributed by atoms with van der Waals surface area (Å²) in [6, 6.07) is 5.09. The molecule has 78 valence electrons. The van der Waals surface area contributed by atoms with Crippen LogP contribution in [0.1, 0.15) is 5.56 Å². The van der Waals surface area contributed by atoms with Crippen LogP contribution in [0.5, 0.6) is 0 Å². The molecular weight excluding hydrogens is 261 g/mol. The monoisotopic (exact) mass is 269 g/mol. The molecule has 0 saturated carbocycles. The molecule has 0 bridgehead atoms. The van der Waals surface area contributed by atoms with E-state index in [1.165, 1.54) is 0 Å². The Hall–Kier alpha value is -1.36. The lowest BCUT2D eigenvalue weighted by molar-refractivity contribution is 0.624. The van der Waals surface area contributed by atoms with Gasteiger partial charge in [-0.25, -0.2) is 4.39 Å². The molecule has 0 amide bonds. The van der Waals surface area contributed by atoms with Crippen molar-refractivity contribution in [1.29, 1.82) is 0 Å². The fourth-order valence-corrected chi connectivity index (χ4v) is 1.74. The van der Waals surface area contributed by atoms with E-state index in [2.05, 4.69) is 26.1 Å². The van der Waals surface area contributed by atoms with Crippen molar-refractivity contribution in [2.24, 2.45) is 0 Å². The molecule has 15 heavy (non-hydrogen) atoms. The maximum Gasteiger partial charge on any atom is 0.148 e. The minimum Gasteiger partial charge on any atom is -0.382 e. The van der Waals surface area contributed by atoms with E-state index in [0.29, 0.717) is 21.5 Å². The maximum absolute atomic E-state index is 13.7. The number of aromatic amines is 1. The molecule has 1 aromatic heterocycles. The van der Waals surface area contributed by atoms with Crippen LogP contribution < -0.4 is 5.73 Å². The molecule has 3 nitrogen and oxygen atoms in total. The van der Waals surface area contributed by atoms with Crippen molar-refractivity contribution in [2.75, 3.05) is 5.73 Å². The van der Waals surface area contributed by atoms with Gasteiger partial charge in [0.25, 0.3) is 0 Å². The zero-order valence-electron chi connectivity index (χ0n) is 8.01. The first kappa shape index (κ1) is 10.2. The van der Waals surface area contributed by atoms with E-state index in [1.807, 2.05) is 0 Å². The molecule has 0 atom stereocenters. The van der Waals surface area contributed by atoms with Crippen LogP contribution >= 0.6 is 15.9 Å². The highest BCUT2D eigenvalue weighted by Crippen LogP contribution is 2.29. The summed E-state index contributed by atoms with van der Waals surface area (Å²) in [7, 11) is 0. The van der Waals surface area contributed by atoms with Gasteiger partial charge in [0.2, 0.25) is 0 Å². The summed E-state index contributed by atoms with van der Waals surface area (Å²) >= 11 is 3.13. The van der Waals surface area contributed by atoms with Crippen LogP contribution in [0.3, 0.4) is 0 Å². The van der Waals surface area contributed by atoms with E-state index >= 15 is 0 Å². The van der Waals surface area contributed by atoms with Crippen LogP contribution in [0.25, 0.3) is 11.3 Å². The van der Waals surface area contributed by atoms with Crippen molar-refractivity contribution in [3.05, 3.63) is 34.1 Å². The molecular formula is C10H9BrFN3. The number of hydrogen-bond acceptors (Lipinski definition) is 2. The Morgan fingerprint density at radius 2 is 2.20 bits per heavy atom. The van der Waals surface area contributed by atoms with Gasteiger partial charge in [-0.15, -0.1) is 0 Å². The number of benzene rings is 1. The predicted molar refractivity (Wildman–Crippen MR) is 60.8 cm³/mol. The number of nitrogen functional groups attached to an aromatic ring is 1. The van der Waals surface area contributed by atoms with Crippen molar-refractivity contribution in [2.45, 2.75) is 6.92 Å². The molecule has 0 fully saturated rings. The third-order valence-corrected chi connectivity index (χ3v) is 2.88. The Morgan fingerprint density at radius 3 is 2.80 bits per heavy atom. The first-order valence-corrected chi connectivity index (χ1v) is 5.15. The van der Waals surface area contributed by atoms with Gasteiger partial charge in [-0.2, -0.15) is 5.10 Å². The molecule has 1 aromatic carbocycles. The molecule has 2 rings (SSSR count). The van der Waals surface area contributed by atoms with E-state index in [1.54, 1.807) is 25.1 Å². The zero-order chi connectivity index (χ0) is 11.0. The molecule has 0 radical (unpaired) electrons. The minimum atomic E-state index is -0.316. The smallest absolute Gasteiger partial charge is 0.148 e. The normalized spacial score (nSPS) is 10.6. The van der Waals surface area contributed by atoms with E-state index in [-0.39, 0.29) is 5.82 Å². The lowest BCUT2D eigenvalue weighted by Gasteiger charge is -2.03. The first-order chi connectivity index (χ1) is 7.11. The minimum absolute atomic E-state index is 0.316. The molecule has 0 saturated heterocycles. The number of anilines is 1. The Bertz CT molecular complexity index is 507. The summed E-state index contributed by atoms with van der Waals surface area (Å²) in [6.07, 6.45) is 0. The number of aromatic nitrogens is 2. The molecule has 1 heterocycles. The van der Waals surface area contributed by atoms with Crippen molar-refractivity contribution < 1.29 is 4.39 Å². The highest BCUT2D eigenvalue weighted by atomic mass is 79.9. The predicted octanol–water partition coefficient (Wildman–Crippen LogP) is 2.87. The Labute approximate surface area is 94.6 Å². The van der Waals surface area contributed by atoms with Crippen molar-refractivity contribution >= 4 is 21.7 Å². The Balaban J connectivity index is 2.64. The van der Waals surface area contributed by atoms with Gasteiger partial charge in [0.15, 0.2) is 0 Å². The summed E-state index contributed by atoms with van der Waals surface area (Å²) < 4.78 is 14.2. The van der Waals surface area contributed by atoms with Crippen molar-refractivity contribution in [3.63, 3.8) is 0 Å². The summed E-state index contributed by atoms with van der Waals surface area (Å²) in [4.78, 5) is 0. The first-order valence-electron chi connectivity index (χ1n) is 4.36. The average molecular weight is 270 g/mol. The van der Waals surface area contributed by atoms with Gasteiger partial charge in [-0.1, -0.05) is 6.07 Å². The van der Waals surface area contributed by atoms with Gasteiger partial charge >= 0.3 is 0 Å². The van der Waals surface area contributed by atoms with Crippen LogP contribution in [0.15, 0.2) is 22.7 Å². The maximum atomic E-state index is 13.7. The molecule has 0 aliphatic rings. The molecule has 2 aromatic rings. The van der Waals surface area contributed by atoms with E-state index in [4.69, 9.17) is 5.73 Å². The van der Waals surface area contributed by atoms with Gasteiger partial charge in [0.05, 0.1) is 10.2 Å². The number of H-pyrrole nitrogens is 1.